The van der Waals surface area contributed by atoms with Gasteiger partial charge in [-0.25, -0.2) is 4.68 Å². The van der Waals surface area contributed by atoms with E-state index in [-0.39, 0.29) is 37.6 Å². The van der Waals surface area contributed by atoms with Gasteiger partial charge < -0.3 is 20.5 Å². The summed E-state index contributed by atoms with van der Waals surface area (Å²) in [5.41, 5.74) is 1.03. The van der Waals surface area contributed by atoms with E-state index in [1.54, 1.807) is 5.32 Å². The Balaban J connectivity index is 2.16. The number of alkyl halides is 4. The largest absolute Gasteiger partial charge is 0.405 e. The number of unbranched alkanes of at least 4 members (excludes halogenated alkanes) is 2. The predicted octanol–water partition coefficient (Wildman–Crippen LogP) is 1.98. The van der Waals surface area contributed by atoms with E-state index in [9.17, 15) is 27.2 Å². The monoisotopic (exact) mass is 489 g/mol. The lowest BCUT2D eigenvalue weighted by Gasteiger charge is -2.10. The maximum Gasteiger partial charge on any atom is 0.405 e. The molecule has 13 heteroatoms. The van der Waals surface area contributed by atoms with Gasteiger partial charge in [-0.1, -0.05) is 11.6 Å². The first-order valence-electron chi connectivity index (χ1n) is 10.7. The molecule has 0 aliphatic rings. The van der Waals surface area contributed by atoms with Gasteiger partial charge in [-0.3, -0.25) is 14.0 Å². The Morgan fingerprint density at radius 2 is 1.76 bits per heavy atom. The summed E-state index contributed by atoms with van der Waals surface area (Å²) in [6.07, 6.45) is -2.59. The molecule has 2 amide bonds. The van der Waals surface area contributed by atoms with Gasteiger partial charge in [0.25, 0.3) is 11.8 Å². The third kappa shape index (κ3) is 8.71. The molecule has 1 heterocycles. The number of amides is 2. The highest BCUT2D eigenvalue weighted by atomic mass is 19.4. The third-order valence-electron chi connectivity index (χ3n) is 4.62. The number of halogens is 4. The Bertz CT molecular complexity index is 919. The number of benzene rings is 1. The first-order valence-corrected chi connectivity index (χ1v) is 10.7. The van der Waals surface area contributed by atoms with Crippen molar-refractivity contribution < 1.29 is 37.0 Å². The normalized spacial score (nSPS) is 11.4. The van der Waals surface area contributed by atoms with Crippen LogP contribution in [0.15, 0.2) is 24.3 Å². The van der Waals surface area contributed by atoms with Gasteiger partial charge in [0.1, 0.15) is 6.54 Å². The fraction of sp³-hybridized carbons (Fsp3) is 0.524. The molecule has 9 nitrogen and oxygen atoms in total. The molecule has 0 atom stereocenters. The van der Waals surface area contributed by atoms with Gasteiger partial charge >= 0.3 is 6.18 Å². The molecule has 0 spiro atoms. The van der Waals surface area contributed by atoms with Gasteiger partial charge in [0.05, 0.1) is 37.9 Å². The molecule has 0 radical (unpaired) electrons. The number of carbonyl (C=O) groups is 2. The van der Waals surface area contributed by atoms with Crippen LogP contribution in [-0.2, 0) is 11.2 Å². The quantitative estimate of drug-likeness (QED) is 0.276. The van der Waals surface area contributed by atoms with Crippen LogP contribution in [0.25, 0.3) is 5.69 Å². The highest BCUT2D eigenvalue weighted by Gasteiger charge is 2.28. The van der Waals surface area contributed by atoms with Crippen LogP contribution in [0, 0.1) is 0 Å². The fourth-order valence-electron chi connectivity index (χ4n) is 3.00. The molecule has 0 unspecified atom stereocenters. The summed E-state index contributed by atoms with van der Waals surface area (Å²) in [6, 6.07) is 5.64. The summed E-state index contributed by atoms with van der Waals surface area (Å²) >= 11 is 0. The standard InChI is InChI=1S/C21H27F4N5O4/c22-9-3-1-2-4-17-18(20(33)26-10-12-34-13-11-31)28-29-30(17)16-7-5-15(6-8-16)19(32)27-14-21(23,24)25/h5-8,31H,1-4,9-14H2,(H,26,33)(H,27,32). The lowest BCUT2D eigenvalue weighted by Crippen LogP contribution is -2.33. The van der Waals surface area contributed by atoms with Crippen molar-refractivity contribution in [2.45, 2.75) is 31.9 Å². The van der Waals surface area contributed by atoms with E-state index in [1.807, 2.05) is 0 Å². The number of hydrogen-bond acceptors (Lipinski definition) is 6. The number of nitrogens with one attached hydrogen (secondary N) is 2. The van der Waals surface area contributed by atoms with Crippen LogP contribution >= 0.6 is 0 Å². The van der Waals surface area contributed by atoms with Crippen molar-refractivity contribution in [3.05, 3.63) is 41.2 Å². The number of aromatic nitrogens is 3. The summed E-state index contributed by atoms with van der Waals surface area (Å²) in [5.74, 6) is -1.36. The molecule has 1 aromatic carbocycles. The second-order valence-electron chi connectivity index (χ2n) is 7.23. The third-order valence-corrected chi connectivity index (χ3v) is 4.62. The number of aliphatic hydroxyl groups is 1. The van der Waals surface area contributed by atoms with Gasteiger partial charge in [-0.2, -0.15) is 13.2 Å². The molecule has 2 rings (SSSR count). The van der Waals surface area contributed by atoms with Crippen molar-refractivity contribution in [2.75, 3.05) is 39.6 Å². The fourth-order valence-corrected chi connectivity index (χ4v) is 3.00. The summed E-state index contributed by atoms with van der Waals surface area (Å²) in [6.45, 7) is -1.48. The van der Waals surface area contributed by atoms with Crippen LogP contribution in [0.3, 0.4) is 0 Å². The SMILES string of the molecule is O=C(NCC(F)(F)F)c1ccc(-n2nnc(C(=O)NCCOCCO)c2CCCCCF)cc1. The Kier molecular flexibility index (Phi) is 10.9. The van der Waals surface area contributed by atoms with E-state index in [0.717, 1.165) is 0 Å². The number of nitrogens with zero attached hydrogens (tertiary/aromatic N) is 3. The van der Waals surface area contributed by atoms with Gasteiger partial charge in [-0.05, 0) is 43.5 Å². The van der Waals surface area contributed by atoms with Crippen molar-refractivity contribution in [2.24, 2.45) is 0 Å². The van der Waals surface area contributed by atoms with E-state index in [2.05, 4.69) is 15.6 Å². The Morgan fingerprint density at radius 1 is 1.03 bits per heavy atom. The van der Waals surface area contributed by atoms with E-state index in [0.29, 0.717) is 37.1 Å². The molecule has 0 fully saturated rings. The molecule has 34 heavy (non-hydrogen) atoms. The average Bonchev–Trinajstić information content (AvgIpc) is 3.23. The van der Waals surface area contributed by atoms with Crippen molar-refractivity contribution in [3.8, 4) is 5.69 Å². The van der Waals surface area contributed by atoms with Crippen molar-refractivity contribution in [1.29, 1.82) is 0 Å². The molecule has 0 aliphatic heterocycles. The van der Waals surface area contributed by atoms with E-state index in [4.69, 9.17) is 9.84 Å². The topological polar surface area (TPSA) is 118 Å². The smallest absolute Gasteiger partial charge is 0.394 e. The number of rotatable bonds is 14. The van der Waals surface area contributed by atoms with Crippen molar-refractivity contribution >= 4 is 11.8 Å². The summed E-state index contributed by atoms with van der Waals surface area (Å²) in [5, 5.41) is 21.1. The minimum Gasteiger partial charge on any atom is -0.394 e. The zero-order valence-corrected chi connectivity index (χ0v) is 18.4. The van der Waals surface area contributed by atoms with Gasteiger partial charge in [0, 0.05) is 12.1 Å². The van der Waals surface area contributed by atoms with Crippen LogP contribution in [0.4, 0.5) is 17.6 Å². The Morgan fingerprint density at radius 3 is 2.41 bits per heavy atom. The molecule has 0 saturated heterocycles. The maximum atomic E-state index is 12.6. The van der Waals surface area contributed by atoms with Crippen LogP contribution in [0.5, 0.6) is 0 Å². The van der Waals surface area contributed by atoms with E-state index < -0.39 is 31.2 Å². The minimum absolute atomic E-state index is 0.0263. The van der Waals surface area contributed by atoms with Crippen LogP contribution in [0.1, 0.15) is 45.8 Å². The second kappa shape index (κ2) is 13.6. The zero-order chi connectivity index (χ0) is 25.0. The number of ether oxygens (including phenoxy) is 1. The van der Waals surface area contributed by atoms with Crippen LogP contribution in [-0.4, -0.2) is 77.7 Å². The Labute approximate surface area is 193 Å². The molecule has 188 valence electrons. The average molecular weight is 489 g/mol. The first kappa shape index (κ1) is 27.2. The Hall–Kier alpha value is -3.06. The molecule has 3 N–H and O–H groups in total. The summed E-state index contributed by atoms with van der Waals surface area (Å²) in [7, 11) is 0. The van der Waals surface area contributed by atoms with Crippen LogP contribution in [0.2, 0.25) is 0 Å². The lowest BCUT2D eigenvalue weighted by molar-refractivity contribution is -0.123. The molecular formula is C21H27F4N5O4. The lowest BCUT2D eigenvalue weighted by atomic mass is 10.1. The number of aliphatic hydroxyl groups excluding tert-OH is 1. The van der Waals surface area contributed by atoms with Gasteiger partial charge in [0.2, 0.25) is 0 Å². The molecule has 0 aliphatic carbocycles. The summed E-state index contributed by atoms with van der Waals surface area (Å²) in [4.78, 5) is 24.5. The predicted molar refractivity (Wildman–Crippen MR) is 114 cm³/mol. The van der Waals surface area contributed by atoms with E-state index >= 15 is 0 Å². The minimum atomic E-state index is -4.52. The number of carbonyl (C=O) groups excluding carboxylic acids is 2. The first-order chi connectivity index (χ1) is 16.3. The maximum absolute atomic E-state index is 12.6. The zero-order valence-electron chi connectivity index (χ0n) is 18.4. The second-order valence-corrected chi connectivity index (χ2v) is 7.23. The molecule has 1 aromatic heterocycles. The van der Waals surface area contributed by atoms with Gasteiger partial charge in [-0.15, -0.1) is 5.10 Å². The summed E-state index contributed by atoms with van der Waals surface area (Å²) < 4.78 is 55.9. The van der Waals surface area contributed by atoms with Crippen molar-refractivity contribution in [1.82, 2.24) is 25.6 Å². The molecule has 0 saturated carbocycles. The molecule has 2 aromatic rings. The number of hydrogen-bond donors (Lipinski definition) is 3. The molecule has 0 bridgehead atoms. The highest BCUT2D eigenvalue weighted by molar-refractivity contribution is 5.94. The van der Waals surface area contributed by atoms with Crippen molar-refractivity contribution in [3.63, 3.8) is 0 Å². The van der Waals surface area contributed by atoms with Gasteiger partial charge in [0.15, 0.2) is 5.69 Å². The van der Waals surface area contributed by atoms with Crippen LogP contribution < -0.4 is 10.6 Å². The highest BCUT2D eigenvalue weighted by Crippen LogP contribution is 2.18. The van der Waals surface area contributed by atoms with E-state index in [1.165, 1.54) is 28.9 Å². The molecular weight excluding hydrogens is 462 g/mol.